The molecular formula is C31H43FN8O4. The van der Waals surface area contributed by atoms with Gasteiger partial charge in [0.05, 0.1) is 24.3 Å². The molecule has 1 saturated heterocycles. The van der Waals surface area contributed by atoms with Gasteiger partial charge in [0.2, 0.25) is 11.8 Å². The smallest absolute Gasteiger partial charge is 0.276 e. The molecular weight excluding hydrogens is 567 g/mol. The van der Waals surface area contributed by atoms with E-state index in [1.165, 1.54) is 21.9 Å². The number of nitrogens with one attached hydrogen (secondary N) is 2. The van der Waals surface area contributed by atoms with Crippen LogP contribution in [0.5, 0.6) is 0 Å². The second-order valence-electron chi connectivity index (χ2n) is 12.6. The molecule has 3 heterocycles. The topological polar surface area (TPSA) is 156 Å². The molecule has 0 unspecified atom stereocenters. The lowest BCUT2D eigenvalue weighted by Gasteiger charge is -2.32. The third kappa shape index (κ3) is 7.25. The molecule has 2 atom stereocenters. The summed E-state index contributed by atoms with van der Waals surface area (Å²) in [4.78, 5) is 56.8. The fourth-order valence-corrected chi connectivity index (χ4v) is 6.32. The second kappa shape index (κ2) is 13.8. The number of rotatable bonds is 3. The minimum atomic E-state index is -0.765. The monoisotopic (exact) mass is 610 g/mol. The molecule has 1 aromatic carbocycles. The Hall–Kier alpha value is -3.87. The number of aryl methyl sites for hydroxylation is 1. The molecule has 1 saturated carbocycles. The highest BCUT2D eigenvalue weighted by atomic mass is 19.1. The lowest BCUT2D eigenvalue weighted by molar-refractivity contribution is -0.126. The van der Waals surface area contributed by atoms with Crippen LogP contribution < -0.4 is 16.4 Å². The molecule has 2 aromatic rings. The average molecular weight is 611 g/mol. The summed E-state index contributed by atoms with van der Waals surface area (Å²) in [5, 5.41) is 14.3. The number of carbonyl (C=O) groups is 4. The van der Waals surface area contributed by atoms with E-state index in [1.807, 2.05) is 13.8 Å². The van der Waals surface area contributed by atoms with Crippen LogP contribution in [0.2, 0.25) is 0 Å². The summed E-state index contributed by atoms with van der Waals surface area (Å²) in [6, 6.07) is 3.43. The summed E-state index contributed by atoms with van der Waals surface area (Å²) in [6.45, 7) is 4.34. The van der Waals surface area contributed by atoms with Crippen molar-refractivity contribution in [3.05, 3.63) is 47.0 Å². The van der Waals surface area contributed by atoms with Gasteiger partial charge in [0.15, 0.2) is 5.69 Å². The second-order valence-corrected chi connectivity index (χ2v) is 12.6. The summed E-state index contributed by atoms with van der Waals surface area (Å²) in [7, 11) is 0. The minimum Gasteiger partial charge on any atom is -0.355 e. The van der Waals surface area contributed by atoms with Gasteiger partial charge in [0.1, 0.15) is 11.9 Å². The van der Waals surface area contributed by atoms with Gasteiger partial charge in [-0.1, -0.05) is 25.1 Å². The van der Waals surface area contributed by atoms with Gasteiger partial charge in [-0.3, -0.25) is 19.2 Å². The van der Waals surface area contributed by atoms with Crippen LogP contribution in [0, 0.1) is 11.7 Å². The van der Waals surface area contributed by atoms with Crippen molar-refractivity contribution in [3.8, 4) is 0 Å². The molecule has 5 rings (SSSR count). The lowest BCUT2D eigenvalue weighted by atomic mass is 9.92. The first-order chi connectivity index (χ1) is 21.1. The molecule has 2 fully saturated rings. The molecule has 13 heteroatoms. The highest BCUT2D eigenvalue weighted by molar-refractivity contribution is 5.98. The molecule has 1 aliphatic carbocycles. The van der Waals surface area contributed by atoms with Gasteiger partial charge in [0, 0.05) is 31.7 Å². The van der Waals surface area contributed by atoms with E-state index in [1.54, 1.807) is 16.9 Å². The number of carbonyl (C=O) groups excluding carboxylic acids is 4. The highest BCUT2D eigenvalue weighted by Crippen LogP contribution is 2.27. The Morgan fingerprint density at radius 1 is 1.09 bits per heavy atom. The average Bonchev–Trinajstić information content (AvgIpc) is 3.69. The summed E-state index contributed by atoms with van der Waals surface area (Å²) in [6.07, 6.45) is 7.21. The van der Waals surface area contributed by atoms with Crippen molar-refractivity contribution in [2.45, 2.75) is 89.4 Å². The maximum atomic E-state index is 14.8. The normalized spacial score (nSPS) is 25.8. The maximum Gasteiger partial charge on any atom is 0.276 e. The summed E-state index contributed by atoms with van der Waals surface area (Å²) in [5.74, 6) is -2.42. The predicted octanol–water partition coefficient (Wildman–Crippen LogP) is 1.81. The lowest BCUT2D eigenvalue weighted by Crippen LogP contribution is -2.55. The summed E-state index contributed by atoms with van der Waals surface area (Å²) >= 11 is 0. The molecule has 2 bridgehead atoms. The number of halogens is 1. The van der Waals surface area contributed by atoms with Crippen LogP contribution in [-0.4, -0.2) is 92.7 Å². The standard InChI is InChI=1S/C31H43FN8O4/c1-19(2)25-16-38(31(44)26-17-40(37-36-26)22-10-8-21(33)9-11-22)18-28(41)34-13-3-5-20-7-12-24(32)23(15-20)30(43)39-14-4-6-27(39)29(42)35-25/h7,12,15,17,19,21-22,25,27H,3-6,8-11,13-14,16,18,33H2,1-2H3,(H,34,41)(H,35,42)/t21?,22?,25-,27-/m0/s1. The Morgan fingerprint density at radius 2 is 1.86 bits per heavy atom. The number of aromatic nitrogens is 3. The highest BCUT2D eigenvalue weighted by Gasteiger charge is 2.37. The number of nitrogens with two attached hydrogens (primary N) is 1. The SMILES string of the molecule is CC(C)[C@@H]1CN(C(=O)c2cn(C3CCC(N)CC3)nn2)CC(=O)NCCCc2ccc(F)c(c2)C(=O)N2CCC[C@H]2C(=O)N1. The molecule has 2 aliphatic heterocycles. The van der Waals surface area contributed by atoms with Gasteiger partial charge < -0.3 is 26.2 Å². The molecule has 0 radical (unpaired) electrons. The Morgan fingerprint density at radius 3 is 2.61 bits per heavy atom. The molecule has 1 aromatic heterocycles. The number of amides is 4. The quantitative estimate of drug-likeness (QED) is 0.479. The Bertz CT molecular complexity index is 1370. The van der Waals surface area contributed by atoms with Crippen molar-refractivity contribution in [3.63, 3.8) is 0 Å². The number of nitrogens with zero attached hydrogens (tertiary/aromatic N) is 5. The van der Waals surface area contributed by atoms with E-state index in [4.69, 9.17) is 5.73 Å². The van der Waals surface area contributed by atoms with Crippen LogP contribution in [0.25, 0.3) is 0 Å². The number of benzene rings is 1. The molecule has 4 amide bonds. The van der Waals surface area contributed by atoms with Crippen molar-refractivity contribution in [2.75, 3.05) is 26.2 Å². The minimum absolute atomic E-state index is 0.0525. The zero-order chi connectivity index (χ0) is 31.4. The fourth-order valence-electron chi connectivity index (χ4n) is 6.32. The number of hydrogen-bond donors (Lipinski definition) is 3. The maximum absolute atomic E-state index is 14.8. The summed E-state index contributed by atoms with van der Waals surface area (Å²) in [5.41, 5.74) is 6.87. The first-order valence-corrected chi connectivity index (χ1v) is 15.7. The van der Waals surface area contributed by atoms with Crippen LogP contribution in [0.1, 0.15) is 91.2 Å². The zero-order valence-corrected chi connectivity index (χ0v) is 25.5. The molecule has 44 heavy (non-hydrogen) atoms. The largest absolute Gasteiger partial charge is 0.355 e. The van der Waals surface area contributed by atoms with E-state index < -0.39 is 29.7 Å². The van der Waals surface area contributed by atoms with E-state index >= 15 is 0 Å². The van der Waals surface area contributed by atoms with Gasteiger partial charge in [-0.2, -0.15) is 0 Å². The van der Waals surface area contributed by atoms with E-state index in [9.17, 15) is 23.6 Å². The van der Waals surface area contributed by atoms with Gasteiger partial charge >= 0.3 is 0 Å². The van der Waals surface area contributed by atoms with Crippen molar-refractivity contribution in [1.29, 1.82) is 0 Å². The summed E-state index contributed by atoms with van der Waals surface area (Å²) < 4.78 is 16.5. The van der Waals surface area contributed by atoms with Gasteiger partial charge in [-0.15, -0.1) is 5.10 Å². The van der Waals surface area contributed by atoms with E-state index in [-0.39, 0.29) is 54.2 Å². The molecule has 238 valence electrons. The Balaban J connectivity index is 1.39. The van der Waals surface area contributed by atoms with Crippen molar-refractivity contribution < 1.29 is 23.6 Å². The van der Waals surface area contributed by atoms with Crippen LogP contribution in [0.3, 0.4) is 0 Å². The first kappa shape index (κ1) is 31.6. The van der Waals surface area contributed by atoms with E-state index in [0.717, 1.165) is 31.2 Å². The Labute approximate surface area is 256 Å². The number of fused-ring (bicyclic) bond motifs is 3. The third-order valence-corrected chi connectivity index (χ3v) is 9.06. The molecule has 12 nitrogen and oxygen atoms in total. The number of hydrogen-bond acceptors (Lipinski definition) is 7. The fraction of sp³-hybridized carbons (Fsp3) is 0.613. The van der Waals surface area contributed by atoms with E-state index in [0.29, 0.717) is 38.8 Å². The molecule has 3 aliphatic rings. The predicted molar refractivity (Wildman–Crippen MR) is 160 cm³/mol. The van der Waals surface area contributed by atoms with Crippen LogP contribution >= 0.6 is 0 Å². The van der Waals surface area contributed by atoms with E-state index in [2.05, 4.69) is 20.9 Å². The molecule has 4 N–H and O–H groups in total. The molecule has 0 spiro atoms. The van der Waals surface area contributed by atoms with Gasteiger partial charge in [-0.05, 0) is 75.0 Å². The Kier molecular flexibility index (Phi) is 9.92. The van der Waals surface area contributed by atoms with Crippen molar-refractivity contribution in [2.24, 2.45) is 11.7 Å². The van der Waals surface area contributed by atoms with Crippen molar-refractivity contribution in [1.82, 2.24) is 35.4 Å². The first-order valence-electron chi connectivity index (χ1n) is 15.7. The van der Waals surface area contributed by atoms with Gasteiger partial charge in [-0.25, -0.2) is 9.07 Å². The van der Waals surface area contributed by atoms with Crippen LogP contribution in [-0.2, 0) is 16.0 Å². The third-order valence-electron chi connectivity index (χ3n) is 9.06. The van der Waals surface area contributed by atoms with Crippen molar-refractivity contribution >= 4 is 23.6 Å². The van der Waals surface area contributed by atoms with Gasteiger partial charge in [0.25, 0.3) is 11.8 Å². The van der Waals surface area contributed by atoms with Crippen LogP contribution in [0.15, 0.2) is 24.4 Å². The zero-order valence-electron chi connectivity index (χ0n) is 25.5. The van der Waals surface area contributed by atoms with Crippen LogP contribution in [0.4, 0.5) is 4.39 Å².